The Bertz CT molecular complexity index is 1820. The predicted molar refractivity (Wildman–Crippen MR) is 150 cm³/mol. The van der Waals surface area contributed by atoms with E-state index >= 15 is 0 Å². The van der Waals surface area contributed by atoms with Crippen molar-refractivity contribution >= 4 is 43.0 Å². The number of anilines is 3. The van der Waals surface area contributed by atoms with Gasteiger partial charge >= 0.3 is 6.18 Å². The highest BCUT2D eigenvalue weighted by atomic mass is 32.2. The second-order valence-electron chi connectivity index (χ2n) is 9.06. The molecule has 0 atom stereocenters. The van der Waals surface area contributed by atoms with E-state index in [0.717, 1.165) is 17.7 Å². The Kier molecular flexibility index (Phi) is 8.13. The molecule has 0 saturated carbocycles. The van der Waals surface area contributed by atoms with Gasteiger partial charge in [0, 0.05) is 16.9 Å². The molecule has 0 aliphatic carbocycles. The van der Waals surface area contributed by atoms with Crippen molar-refractivity contribution in [3.63, 3.8) is 0 Å². The van der Waals surface area contributed by atoms with Crippen LogP contribution >= 0.6 is 0 Å². The SMILES string of the molecule is Cc1ccccc1NS(=O)(=O)c1cc(C(=O)Nc2ccc(S(=O)(=O)Nc3cccc(C(F)(F)F)c3)cc2)ccc1C. The second-order valence-corrected chi connectivity index (χ2v) is 12.4. The summed E-state index contributed by atoms with van der Waals surface area (Å²) < 4.78 is 95.0. The highest BCUT2D eigenvalue weighted by Crippen LogP contribution is 2.31. The molecule has 4 aromatic carbocycles. The Balaban J connectivity index is 1.49. The highest BCUT2D eigenvalue weighted by molar-refractivity contribution is 7.93. The minimum absolute atomic E-state index is 0.0451. The Morgan fingerprint density at radius 3 is 2.02 bits per heavy atom. The molecule has 3 N–H and O–H groups in total. The van der Waals surface area contributed by atoms with Crippen LogP contribution in [0.1, 0.15) is 27.0 Å². The molecule has 0 aromatic heterocycles. The Morgan fingerprint density at radius 1 is 0.683 bits per heavy atom. The lowest BCUT2D eigenvalue weighted by atomic mass is 10.1. The highest BCUT2D eigenvalue weighted by Gasteiger charge is 2.30. The van der Waals surface area contributed by atoms with Gasteiger partial charge in [0.05, 0.1) is 21.0 Å². The Labute approximate surface area is 235 Å². The maximum atomic E-state index is 13.1. The zero-order chi connectivity index (χ0) is 30.0. The molecule has 214 valence electrons. The zero-order valence-corrected chi connectivity index (χ0v) is 23.3. The molecule has 8 nitrogen and oxygen atoms in total. The third-order valence-electron chi connectivity index (χ3n) is 5.99. The lowest BCUT2D eigenvalue weighted by Crippen LogP contribution is -2.17. The van der Waals surface area contributed by atoms with Gasteiger partial charge in [0.1, 0.15) is 0 Å². The van der Waals surface area contributed by atoms with E-state index < -0.39 is 37.7 Å². The summed E-state index contributed by atoms with van der Waals surface area (Å²) >= 11 is 0. The molecule has 0 unspecified atom stereocenters. The molecule has 4 aromatic rings. The van der Waals surface area contributed by atoms with Gasteiger partial charge in [-0.3, -0.25) is 14.2 Å². The second kappa shape index (κ2) is 11.3. The molecule has 0 radical (unpaired) electrons. The Hall–Kier alpha value is -4.36. The molecular weight excluding hydrogens is 579 g/mol. The molecule has 0 saturated heterocycles. The van der Waals surface area contributed by atoms with Crippen molar-refractivity contribution < 1.29 is 34.8 Å². The number of amides is 1. The summed E-state index contributed by atoms with van der Waals surface area (Å²) in [6.07, 6.45) is -4.64. The molecule has 1 amide bonds. The van der Waals surface area contributed by atoms with Gasteiger partial charge in [0.15, 0.2) is 0 Å². The molecule has 13 heteroatoms. The molecule has 0 aliphatic heterocycles. The number of sulfonamides is 2. The van der Waals surface area contributed by atoms with Crippen LogP contribution in [0.15, 0.2) is 101 Å². The maximum absolute atomic E-state index is 13.1. The minimum Gasteiger partial charge on any atom is -0.322 e. The number of benzene rings is 4. The molecule has 4 rings (SSSR count). The summed E-state index contributed by atoms with van der Waals surface area (Å²) in [4.78, 5) is 12.6. The molecule has 0 heterocycles. The zero-order valence-electron chi connectivity index (χ0n) is 21.7. The van der Waals surface area contributed by atoms with Crippen LogP contribution in [0.25, 0.3) is 0 Å². The Morgan fingerprint density at radius 2 is 1.37 bits per heavy atom. The molecule has 0 fully saturated rings. The van der Waals surface area contributed by atoms with Gasteiger partial charge < -0.3 is 5.32 Å². The molecule has 0 spiro atoms. The minimum atomic E-state index is -4.64. The largest absolute Gasteiger partial charge is 0.416 e. The monoisotopic (exact) mass is 603 g/mol. The number of carbonyl (C=O) groups excluding carboxylic acids is 1. The third-order valence-corrected chi connectivity index (χ3v) is 8.90. The molecule has 41 heavy (non-hydrogen) atoms. The summed E-state index contributed by atoms with van der Waals surface area (Å²) in [6, 6.07) is 19.7. The van der Waals surface area contributed by atoms with Gasteiger partial charge in [-0.05, 0) is 85.6 Å². The first-order chi connectivity index (χ1) is 19.2. The van der Waals surface area contributed by atoms with Crippen LogP contribution in [-0.2, 0) is 26.2 Å². The lowest BCUT2D eigenvalue weighted by molar-refractivity contribution is -0.137. The maximum Gasteiger partial charge on any atom is 0.416 e. The van der Waals surface area contributed by atoms with Gasteiger partial charge in [-0.2, -0.15) is 13.2 Å². The number of hydrogen-bond acceptors (Lipinski definition) is 5. The van der Waals surface area contributed by atoms with E-state index in [1.807, 2.05) is 0 Å². The van der Waals surface area contributed by atoms with E-state index in [-0.39, 0.29) is 26.7 Å². The number of para-hydroxylation sites is 1. The van der Waals surface area contributed by atoms with E-state index in [9.17, 15) is 34.8 Å². The van der Waals surface area contributed by atoms with E-state index in [1.54, 1.807) is 38.1 Å². The van der Waals surface area contributed by atoms with Crippen LogP contribution in [0.5, 0.6) is 0 Å². The number of rotatable bonds is 8. The van der Waals surface area contributed by atoms with Crippen LogP contribution in [0.2, 0.25) is 0 Å². The van der Waals surface area contributed by atoms with Crippen LogP contribution in [0.4, 0.5) is 30.2 Å². The first-order valence-corrected chi connectivity index (χ1v) is 14.9. The average molecular weight is 604 g/mol. The normalized spacial score (nSPS) is 12.0. The summed E-state index contributed by atoms with van der Waals surface area (Å²) in [5.41, 5.74) is 0.524. The van der Waals surface area contributed by atoms with E-state index in [2.05, 4.69) is 14.8 Å². The fraction of sp³-hybridized carbons (Fsp3) is 0.107. The summed E-state index contributed by atoms with van der Waals surface area (Å²) in [7, 11) is -8.25. The number of hydrogen-bond donors (Lipinski definition) is 3. The smallest absolute Gasteiger partial charge is 0.322 e. The van der Waals surface area contributed by atoms with Gasteiger partial charge in [0.2, 0.25) is 0 Å². The van der Waals surface area contributed by atoms with Crippen molar-refractivity contribution in [2.45, 2.75) is 29.8 Å². The van der Waals surface area contributed by atoms with E-state index in [4.69, 9.17) is 0 Å². The summed E-state index contributed by atoms with van der Waals surface area (Å²) in [6.45, 7) is 3.35. The van der Waals surface area contributed by atoms with Crippen molar-refractivity contribution in [3.05, 3.63) is 113 Å². The van der Waals surface area contributed by atoms with Crippen LogP contribution in [0.3, 0.4) is 0 Å². The first kappa shape index (κ1) is 29.6. The lowest BCUT2D eigenvalue weighted by Gasteiger charge is -2.14. The number of carbonyl (C=O) groups is 1. The van der Waals surface area contributed by atoms with E-state index in [1.165, 1.54) is 48.5 Å². The van der Waals surface area contributed by atoms with Gasteiger partial charge in [-0.15, -0.1) is 0 Å². The molecule has 0 bridgehead atoms. The van der Waals surface area contributed by atoms with E-state index in [0.29, 0.717) is 17.3 Å². The predicted octanol–water partition coefficient (Wildman–Crippen LogP) is 6.18. The summed E-state index contributed by atoms with van der Waals surface area (Å²) in [5, 5.41) is 2.57. The van der Waals surface area contributed by atoms with Gasteiger partial charge in [-0.25, -0.2) is 16.8 Å². The number of halogens is 3. The third kappa shape index (κ3) is 7.05. The number of alkyl halides is 3. The summed E-state index contributed by atoms with van der Waals surface area (Å²) in [5.74, 6) is -0.643. The molecular formula is C28H24F3N3O5S2. The van der Waals surface area contributed by atoms with Crippen LogP contribution in [0, 0.1) is 13.8 Å². The van der Waals surface area contributed by atoms with Crippen molar-refractivity contribution in [3.8, 4) is 0 Å². The fourth-order valence-corrected chi connectivity index (χ4v) is 6.26. The number of aryl methyl sites for hydroxylation is 2. The fourth-order valence-electron chi connectivity index (χ4n) is 3.81. The standard InChI is InChI=1S/C28H24F3N3O5S2/c1-18-6-3-4-9-25(18)34-41(38,39)26-16-20(11-10-19(26)2)27(35)32-22-12-14-24(15-13-22)40(36,37)33-23-8-5-7-21(17-23)28(29,30)31/h3-17,33-34H,1-2H3,(H,32,35). The van der Waals surface area contributed by atoms with Gasteiger partial charge in [0.25, 0.3) is 26.0 Å². The van der Waals surface area contributed by atoms with Crippen molar-refractivity contribution in [2.24, 2.45) is 0 Å². The van der Waals surface area contributed by atoms with Crippen LogP contribution in [-0.4, -0.2) is 22.7 Å². The van der Waals surface area contributed by atoms with Crippen molar-refractivity contribution in [1.29, 1.82) is 0 Å². The number of nitrogens with one attached hydrogen (secondary N) is 3. The van der Waals surface area contributed by atoms with Crippen LogP contribution < -0.4 is 14.8 Å². The van der Waals surface area contributed by atoms with Gasteiger partial charge in [-0.1, -0.05) is 30.3 Å². The van der Waals surface area contributed by atoms with Crippen molar-refractivity contribution in [1.82, 2.24) is 0 Å². The topological polar surface area (TPSA) is 121 Å². The van der Waals surface area contributed by atoms with Crippen molar-refractivity contribution in [2.75, 3.05) is 14.8 Å². The first-order valence-electron chi connectivity index (χ1n) is 12.0. The average Bonchev–Trinajstić information content (AvgIpc) is 2.90. The quantitative estimate of drug-likeness (QED) is 0.222. The molecule has 0 aliphatic rings.